The van der Waals surface area contributed by atoms with Crippen molar-refractivity contribution in [2.75, 3.05) is 0 Å². The third-order valence-corrected chi connectivity index (χ3v) is 5.92. The number of fused-ring (bicyclic) bond motifs is 1. The number of hydrogen-bond acceptors (Lipinski definition) is 8. The maximum absolute atomic E-state index is 12.5. The zero-order chi connectivity index (χ0) is 24.2. The smallest absolute Gasteiger partial charge is 0.271 e. The van der Waals surface area contributed by atoms with Gasteiger partial charge in [0.15, 0.2) is 5.16 Å². The highest BCUT2D eigenvalue weighted by Crippen LogP contribution is 2.24. The quantitative estimate of drug-likeness (QED) is 0.242. The fourth-order valence-electron chi connectivity index (χ4n) is 3.31. The minimum Gasteiger partial charge on any atom is -0.336 e. The Morgan fingerprint density at radius 2 is 1.62 bits per heavy atom. The van der Waals surface area contributed by atoms with Gasteiger partial charge in [-0.3, -0.25) is 20.4 Å². The molecule has 0 aliphatic carbocycles. The summed E-state index contributed by atoms with van der Waals surface area (Å²) >= 11 is 1.54. The molecule has 0 spiro atoms. The molecule has 0 bridgehead atoms. The van der Waals surface area contributed by atoms with Gasteiger partial charge in [0, 0.05) is 28.9 Å². The highest BCUT2D eigenvalue weighted by atomic mass is 32.2. The average Bonchev–Trinajstić information content (AvgIpc) is 3.24. The maximum Gasteiger partial charge on any atom is 0.271 e. The Morgan fingerprint density at radius 1 is 0.971 bits per heavy atom. The van der Waals surface area contributed by atoms with Crippen molar-refractivity contribution in [3.05, 3.63) is 76.4 Å². The summed E-state index contributed by atoms with van der Waals surface area (Å²) in [4.78, 5) is 38.0. The van der Waals surface area contributed by atoms with Gasteiger partial charge in [-0.05, 0) is 49.6 Å². The lowest BCUT2D eigenvalue weighted by atomic mass is 10.1. The van der Waals surface area contributed by atoms with Crippen LogP contribution in [0.4, 0.5) is 0 Å². The molecule has 0 saturated heterocycles. The minimum atomic E-state index is -0.486. The summed E-state index contributed by atoms with van der Waals surface area (Å²) in [5.74, 6) is -0.110. The number of benzene rings is 1. The molecule has 4 aromatic rings. The van der Waals surface area contributed by atoms with Gasteiger partial charge in [0.25, 0.3) is 17.5 Å². The molecule has 0 atom stereocenters. The molecule has 1 aromatic carbocycles. The van der Waals surface area contributed by atoms with Crippen LogP contribution in [0, 0.1) is 13.8 Å². The Balaban J connectivity index is 1.34. The van der Waals surface area contributed by atoms with E-state index >= 15 is 0 Å². The molecular formula is C24H24N6O3S. The largest absolute Gasteiger partial charge is 0.336 e. The minimum absolute atomic E-state index is 0.121. The second-order valence-electron chi connectivity index (χ2n) is 8.13. The van der Waals surface area contributed by atoms with Gasteiger partial charge < -0.3 is 4.52 Å². The van der Waals surface area contributed by atoms with Crippen LogP contribution in [0.2, 0.25) is 0 Å². The van der Waals surface area contributed by atoms with E-state index in [0.29, 0.717) is 28.0 Å². The predicted molar refractivity (Wildman–Crippen MR) is 128 cm³/mol. The molecule has 9 nitrogen and oxygen atoms in total. The molecule has 0 aliphatic rings. The van der Waals surface area contributed by atoms with Gasteiger partial charge in [0.05, 0.1) is 16.6 Å². The van der Waals surface area contributed by atoms with Gasteiger partial charge in [-0.25, -0.2) is 15.0 Å². The van der Waals surface area contributed by atoms with Crippen LogP contribution in [0.5, 0.6) is 0 Å². The summed E-state index contributed by atoms with van der Waals surface area (Å²) in [6.45, 7) is 7.84. The van der Waals surface area contributed by atoms with Crippen molar-refractivity contribution < 1.29 is 14.1 Å². The molecule has 10 heteroatoms. The first-order chi connectivity index (χ1) is 16.3. The van der Waals surface area contributed by atoms with E-state index in [4.69, 9.17) is 4.52 Å². The SMILES string of the molecule is Cc1cc(C)nc(SCc2ccc(C(=O)NNC(=O)c3cnc4onc(C(C)C)c4c3)cc2)n1. The Morgan fingerprint density at radius 3 is 2.26 bits per heavy atom. The van der Waals surface area contributed by atoms with Crippen molar-refractivity contribution in [1.29, 1.82) is 0 Å². The van der Waals surface area contributed by atoms with Crippen molar-refractivity contribution in [2.24, 2.45) is 0 Å². The number of rotatable bonds is 6. The summed E-state index contributed by atoms with van der Waals surface area (Å²) in [5.41, 5.74) is 9.56. The lowest BCUT2D eigenvalue weighted by Gasteiger charge is -2.08. The van der Waals surface area contributed by atoms with E-state index in [1.165, 1.54) is 18.0 Å². The van der Waals surface area contributed by atoms with E-state index in [0.717, 1.165) is 27.8 Å². The third-order valence-electron chi connectivity index (χ3n) is 5.00. The van der Waals surface area contributed by atoms with E-state index in [9.17, 15) is 9.59 Å². The number of amides is 2. The number of aromatic nitrogens is 4. The molecule has 0 saturated carbocycles. The molecule has 3 heterocycles. The number of carbonyl (C=O) groups is 2. The van der Waals surface area contributed by atoms with Gasteiger partial charge >= 0.3 is 0 Å². The lowest BCUT2D eigenvalue weighted by Crippen LogP contribution is -2.41. The molecule has 4 rings (SSSR count). The van der Waals surface area contributed by atoms with Crippen molar-refractivity contribution in [3.8, 4) is 0 Å². The van der Waals surface area contributed by atoms with Crippen molar-refractivity contribution in [3.63, 3.8) is 0 Å². The first kappa shape index (κ1) is 23.4. The molecule has 2 N–H and O–H groups in total. The fraction of sp³-hybridized carbons (Fsp3) is 0.250. The predicted octanol–water partition coefficient (Wildman–Crippen LogP) is 4.12. The molecule has 0 fully saturated rings. The number of hydrazine groups is 1. The summed E-state index contributed by atoms with van der Waals surface area (Å²) in [5, 5.41) is 5.40. The molecule has 34 heavy (non-hydrogen) atoms. The second-order valence-corrected chi connectivity index (χ2v) is 9.07. The molecular weight excluding hydrogens is 452 g/mol. The molecule has 3 aromatic heterocycles. The van der Waals surface area contributed by atoms with E-state index < -0.39 is 11.8 Å². The number of hydrogen-bond donors (Lipinski definition) is 2. The van der Waals surface area contributed by atoms with Crippen LogP contribution >= 0.6 is 11.8 Å². The number of nitrogens with one attached hydrogen (secondary N) is 2. The van der Waals surface area contributed by atoms with Crippen molar-refractivity contribution in [2.45, 2.75) is 44.5 Å². The van der Waals surface area contributed by atoms with Crippen LogP contribution in [0.3, 0.4) is 0 Å². The van der Waals surface area contributed by atoms with Crippen LogP contribution in [-0.4, -0.2) is 31.9 Å². The van der Waals surface area contributed by atoms with Gasteiger partial charge in [0.1, 0.15) is 0 Å². The first-order valence-electron chi connectivity index (χ1n) is 10.7. The number of carbonyl (C=O) groups excluding carboxylic acids is 2. The lowest BCUT2D eigenvalue weighted by molar-refractivity contribution is 0.0846. The average molecular weight is 477 g/mol. The number of nitrogens with zero attached hydrogens (tertiary/aromatic N) is 4. The van der Waals surface area contributed by atoms with Crippen molar-refractivity contribution in [1.82, 2.24) is 31.0 Å². The Hall–Kier alpha value is -3.79. The second kappa shape index (κ2) is 10.0. The zero-order valence-electron chi connectivity index (χ0n) is 19.2. The summed E-state index contributed by atoms with van der Waals surface area (Å²) in [6.07, 6.45) is 1.38. The number of aryl methyl sites for hydroxylation is 2. The number of thioether (sulfide) groups is 1. The van der Waals surface area contributed by atoms with Crippen LogP contribution in [0.25, 0.3) is 11.1 Å². The van der Waals surface area contributed by atoms with Gasteiger partial charge in [0.2, 0.25) is 0 Å². The topological polar surface area (TPSA) is 123 Å². The van der Waals surface area contributed by atoms with Crippen LogP contribution in [0.15, 0.2) is 52.3 Å². The van der Waals surface area contributed by atoms with Crippen LogP contribution < -0.4 is 10.9 Å². The Bertz CT molecular complexity index is 1330. The van der Waals surface area contributed by atoms with Crippen molar-refractivity contribution >= 4 is 34.7 Å². The van der Waals surface area contributed by atoms with E-state index in [2.05, 4.69) is 31.0 Å². The number of pyridine rings is 1. The highest BCUT2D eigenvalue weighted by molar-refractivity contribution is 7.98. The normalized spacial score (nSPS) is 11.1. The van der Waals surface area contributed by atoms with Gasteiger partial charge in [-0.1, -0.05) is 42.9 Å². The van der Waals surface area contributed by atoms with E-state index in [1.807, 2.05) is 45.9 Å². The summed E-state index contributed by atoms with van der Waals surface area (Å²) in [6, 6.07) is 10.7. The molecule has 2 amide bonds. The highest BCUT2D eigenvalue weighted by Gasteiger charge is 2.16. The third kappa shape index (κ3) is 5.40. The van der Waals surface area contributed by atoms with Crippen LogP contribution in [0.1, 0.15) is 63.1 Å². The Kier molecular flexibility index (Phi) is 6.87. The first-order valence-corrected chi connectivity index (χ1v) is 11.7. The fourth-order valence-corrected chi connectivity index (χ4v) is 4.21. The van der Waals surface area contributed by atoms with Gasteiger partial charge in [-0.15, -0.1) is 0 Å². The van der Waals surface area contributed by atoms with Crippen LogP contribution in [-0.2, 0) is 5.75 Å². The monoisotopic (exact) mass is 476 g/mol. The summed E-state index contributed by atoms with van der Waals surface area (Å²) < 4.78 is 5.19. The molecule has 0 unspecified atom stereocenters. The molecule has 0 radical (unpaired) electrons. The Labute approximate surface area is 200 Å². The van der Waals surface area contributed by atoms with Gasteiger partial charge in [-0.2, -0.15) is 0 Å². The molecule has 0 aliphatic heterocycles. The molecule has 174 valence electrons. The van der Waals surface area contributed by atoms with E-state index in [-0.39, 0.29) is 5.92 Å². The summed E-state index contributed by atoms with van der Waals surface area (Å²) in [7, 11) is 0. The zero-order valence-corrected chi connectivity index (χ0v) is 20.1. The maximum atomic E-state index is 12.5. The standard InChI is InChI=1S/C24H24N6O3S/c1-13(2)20-19-10-18(11-25-23(19)33-30-20)22(32)29-28-21(31)17-7-5-16(6-8-17)12-34-24-26-14(3)9-15(4)27-24/h5-11,13H,12H2,1-4H3,(H,28,31)(H,29,32). The van der Waals surface area contributed by atoms with E-state index in [1.54, 1.807) is 18.2 Å².